The molecule has 2 N–H and O–H groups in total. The van der Waals surface area contributed by atoms with Gasteiger partial charge in [-0.25, -0.2) is 9.59 Å². The van der Waals surface area contributed by atoms with Gasteiger partial charge in [-0.05, 0) is 71.2 Å². The topological polar surface area (TPSA) is 85.9 Å². The summed E-state index contributed by atoms with van der Waals surface area (Å²) in [5.41, 5.74) is 1.37. The van der Waals surface area contributed by atoms with Crippen LogP contribution in [0.2, 0.25) is 0 Å². The first-order valence-corrected chi connectivity index (χ1v) is 9.97. The molecule has 1 unspecified atom stereocenters. The smallest absolute Gasteiger partial charge is 0.337 e. The number of esters is 1. The van der Waals surface area contributed by atoms with Gasteiger partial charge in [0.2, 0.25) is 0 Å². The number of benzene rings is 1. The Kier molecular flexibility index (Phi) is 7.16. The highest BCUT2D eigenvalue weighted by Crippen LogP contribution is 2.46. The van der Waals surface area contributed by atoms with Gasteiger partial charge in [0.25, 0.3) is 0 Å². The van der Waals surface area contributed by atoms with Gasteiger partial charge in [-0.15, -0.1) is 0 Å². The molecule has 0 bridgehead atoms. The molecule has 2 rings (SSSR count). The van der Waals surface area contributed by atoms with E-state index in [1.54, 1.807) is 13.0 Å². The number of carbonyl (C=O) groups excluding carboxylic acids is 2. The van der Waals surface area contributed by atoms with Crippen molar-refractivity contribution in [2.24, 2.45) is 0 Å². The summed E-state index contributed by atoms with van der Waals surface area (Å²) in [4.78, 5) is 24.4. The highest BCUT2D eigenvalue weighted by atomic mass is 79.9. The summed E-state index contributed by atoms with van der Waals surface area (Å²) in [5.74, 6) is 0.516. The van der Waals surface area contributed by atoms with Crippen molar-refractivity contribution in [1.29, 1.82) is 0 Å². The minimum Gasteiger partial charge on any atom is -0.490 e. The van der Waals surface area contributed by atoms with Crippen molar-refractivity contribution in [3.63, 3.8) is 0 Å². The third-order valence-corrected chi connectivity index (χ3v) is 5.94. The van der Waals surface area contributed by atoms with Crippen LogP contribution in [0.3, 0.4) is 0 Å². The molecule has 1 atom stereocenters. The number of hydrogen-bond donors (Lipinski definition) is 2. The Morgan fingerprint density at radius 2 is 1.96 bits per heavy atom. The number of halogens is 2. The van der Waals surface area contributed by atoms with Gasteiger partial charge in [-0.2, -0.15) is 0 Å². The molecule has 0 spiro atoms. The first-order chi connectivity index (χ1) is 12.7. The van der Waals surface area contributed by atoms with Gasteiger partial charge in [0.05, 0.1) is 35.9 Å². The molecule has 148 valence electrons. The Bertz CT molecular complexity index is 792. The number of amides is 2. The van der Waals surface area contributed by atoms with Crippen molar-refractivity contribution < 1.29 is 23.8 Å². The average Bonchev–Trinajstić information content (AvgIpc) is 2.59. The molecule has 1 aromatic carbocycles. The maximum Gasteiger partial charge on any atom is 0.337 e. The van der Waals surface area contributed by atoms with Crippen LogP contribution >= 0.6 is 31.9 Å². The monoisotopic (exact) mass is 504 g/mol. The predicted octanol–water partition coefficient (Wildman–Crippen LogP) is 4.20. The molecule has 27 heavy (non-hydrogen) atoms. The van der Waals surface area contributed by atoms with Crippen molar-refractivity contribution in [3.05, 3.63) is 31.8 Å². The van der Waals surface area contributed by atoms with Crippen LogP contribution < -0.4 is 20.1 Å². The molecule has 1 heterocycles. The van der Waals surface area contributed by atoms with Gasteiger partial charge in [-0.1, -0.05) is 0 Å². The summed E-state index contributed by atoms with van der Waals surface area (Å²) in [7, 11) is 1.30. The molecule has 1 aromatic rings. The van der Waals surface area contributed by atoms with Gasteiger partial charge in [0.1, 0.15) is 0 Å². The lowest BCUT2D eigenvalue weighted by atomic mass is 9.95. The lowest BCUT2D eigenvalue weighted by Gasteiger charge is -2.29. The summed E-state index contributed by atoms with van der Waals surface area (Å²) in [6, 6.07) is 0.626. The fraction of sp³-hybridized carbons (Fsp3) is 0.444. The second-order valence-electron chi connectivity index (χ2n) is 6.08. The average molecular weight is 506 g/mol. The maximum absolute atomic E-state index is 12.3. The first kappa shape index (κ1) is 21.6. The molecule has 2 amide bonds. The van der Waals surface area contributed by atoms with E-state index in [1.165, 1.54) is 7.11 Å². The molecule has 0 radical (unpaired) electrons. The zero-order valence-electron chi connectivity index (χ0n) is 15.7. The quantitative estimate of drug-likeness (QED) is 0.566. The van der Waals surface area contributed by atoms with Gasteiger partial charge in [-0.3, -0.25) is 0 Å². The van der Waals surface area contributed by atoms with E-state index in [1.807, 2.05) is 20.8 Å². The SMILES string of the molecule is CCOc1cc(C2NC(=O)NC(C)=C2C(=O)OC)c(Br)c(Br)c1OC(C)C. The number of nitrogens with one attached hydrogen (secondary N) is 2. The fourth-order valence-electron chi connectivity index (χ4n) is 2.73. The van der Waals surface area contributed by atoms with Crippen molar-refractivity contribution in [2.75, 3.05) is 13.7 Å². The van der Waals surface area contributed by atoms with Crippen LogP contribution in [-0.2, 0) is 9.53 Å². The summed E-state index contributed by atoms with van der Waals surface area (Å²) in [6.45, 7) is 7.78. The second-order valence-corrected chi connectivity index (χ2v) is 7.67. The van der Waals surface area contributed by atoms with Crippen molar-refractivity contribution in [2.45, 2.75) is 39.8 Å². The lowest BCUT2D eigenvalue weighted by Crippen LogP contribution is -2.45. The second kappa shape index (κ2) is 8.97. The number of hydrogen-bond acceptors (Lipinski definition) is 5. The highest BCUT2D eigenvalue weighted by Gasteiger charge is 2.34. The van der Waals surface area contributed by atoms with Crippen LogP contribution in [0.25, 0.3) is 0 Å². The van der Waals surface area contributed by atoms with E-state index in [0.29, 0.717) is 43.9 Å². The number of ether oxygens (including phenoxy) is 3. The maximum atomic E-state index is 12.3. The predicted molar refractivity (Wildman–Crippen MR) is 108 cm³/mol. The number of methoxy groups -OCH3 is 1. The molecule has 0 saturated heterocycles. The Morgan fingerprint density at radius 3 is 2.52 bits per heavy atom. The molecule has 9 heteroatoms. The summed E-state index contributed by atoms with van der Waals surface area (Å²) in [5, 5.41) is 5.37. The van der Waals surface area contributed by atoms with Crippen molar-refractivity contribution in [1.82, 2.24) is 10.6 Å². The summed E-state index contributed by atoms with van der Waals surface area (Å²) < 4.78 is 17.8. The molecule has 0 fully saturated rings. The fourth-order valence-corrected chi connectivity index (χ4v) is 3.77. The van der Waals surface area contributed by atoms with Gasteiger partial charge in [0.15, 0.2) is 11.5 Å². The van der Waals surface area contributed by atoms with E-state index in [0.717, 1.165) is 0 Å². The first-order valence-electron chi connectivity index (χ1n) is 8.39. The van der Waals surface area contributed by atoms with Crippen LogP contribution in [0.15, 0.2) is 26.3 Å². The summed E-state index contributed by atoms with van der Waals surface area (Å²) >= 11 is 7.09. The largest absolute Gasteiger partial charge is 0.490 e. The zero-order chi connectivity index (χ0) is 20.3. The van der Waals surface area contributed by atoms with E-state index < -0.39 is 18.0 Å². The molecule has 0 aromatic heterocycles. The van der Waals surface area contributed by atoms with E-state index in [9.17, 15) is 9.59 Å². The van der Waals surface area contributed by atoms with E-state index in [-0.39, 0.29) is 6.10 Å². The molecular weight excluding hydrogens is 484 g/mol. The van der Waals surface area contributed by atoms with Crippen LogP contribution in [0.4, 0.5) is 4.79 Å². The van der Waals surface area contributed by atoms with E-state index >= 15 is 0 Å². The molecule has 7 nitrogen and oxygen atoms in total. The Balaban J connectivity index is 2.67. The third kappa shape index (κ3) is 4.57. The van der Waals surface area contributed by atoms with E-state index in [2.05, 4.69) is 42.5 Å². The van der Waals surface area contributed by atoms with Crippen LogP contribution in [-0.4, -0.2) is 31.8 Å². The Hall–Kier alpha value is -1.74. The van der Waals surface area contributed by atoms with Gasteiger partial charge < -0.3 is 24.8 Å². The Labute approximate surface area is 175 Å². The van der Waals surface area contributed by atoms with Gasteiger partial charge >= 0.3 is 12.0 Å². The number of carbonyl (C=O) groups is 2. The van der Waals surface area contributed by atoms with Crippen LogP contribution in [0.5, 0.6) is 11.5 Å². The molecule has 0 saturated carbocycles. The van der Waals surface area contributed by atoms with Crippen LogP contribution in [0, 0.1) is 0 Å². The third-order valence-electron chi connectivity index (χ3n) is 3.79. The summed E-state index contributed by atoms with van der Waals surface area (Å²) in [6.07, 6.45) is -0.0652. The minimum atomic E-state index is -0.718. The standard InChI is InChI=1S/C18H22Br2N2O5/c1-6-26-11-7-10(13(19)14(20)16(11)27-8(2)3)15-12(17(23)25-5)9(4)21-18(24)22-15/h7-8,15H,6H2,1-5H3,(H2,21,22,24). The molecule has 1 aliphatic heterocycles. The zero-order valence-corrected chi connectivity index (χ0v) is 18.9. The molecular formula is C18H22Br2N2O5. The lowest BCUT2D eigenvalue weighted by molar-refractivity contribution is -0.136. The molecule has 0 aliphatic carbocycles. The normalized spacial score (nSPS) is 16.7. The Morgan fingerprint density at radius 1 is 1.30 bits per heavy atom. The van der Waals surface area contributed by atoms with Crippen molar-refractivity contribution in [3.8, 4) is 11.5 Å². The number of rotatable bonds is 6. The number of allylic oxidation sites excluding steroid dienone is 1. The highest BCUT2D eigenvalue weighted by molar-refractivity contribution is 9.13. The van der Waals surface area contributed by atoms with Gasteiger partial charge in [0, 0.05) is 10.2 Å². The van der Waals surface area contributed by atoms with E-state index in [4.69, 9.17) is 14.2 Å². The van der Waals surface area contributed by atoms with Crippen molar-refractivity contribution >= 4 is 43.9 Å². The molecule has 1 aliphatic rings. The number of urea groups is 1. The van der Waals surface area contributed by atoms with Crippen LogP contribution in [0.1, 0.15) is 39.3 Å². The minimum absolute atomic E-state index is 0.0652.